The van der Waals surface area contributed by atoms with Crippen molar-refractivity contribution >= 4 is 33.9 Å². The molecule has 0 amide bonds. The SMILES string of the molecule is Ic1ccc(C(c2ccc[nH]2)c2cccs2)cc1. The summed E-state index contributed by atoms with van der Waals surface area (Å²) >= 11 is 4.15. The minimum absolute atomic E-state index is 0.317. The lowest BCUT2D eigenvalue weighted by Gasteiger charge is -2.15. The molecule has 0 radical (unpaired) electrons. The summed E-state index contributed by atoms with van der Waals surface area (Å²) in [4.78, 5) is 4.72. The zero-order chi connectivity index (χ0) is 12.4. The number of H-pyrrole nitrogens is 1. The monoisotopic (exact) mass is 365 g/mol. The lowest BCUT2D eigenvalue weighted by Crippen LogP contribution is -2.01. The van der Waals surface area contributed by atoms with Crippen LogP contribution < -0.4 is 0 Å². The predicted octanol–water partition coefficient (Wildman–Crippen LogP) is 4.86. The van der Waals surface area contributed by atoms with E-state index in [4.69, 9.17) is 0 Å². The van der Waals surface area contributed by atoms with Crippen molar-refractivity contribution in [1.82, 2.24) is 4.98 Å². The molecule has 3 rings (SSSR count). The van der Waals surface area contributed by atoms with Crippen molar-refractivity contribution in [2.24, 2.45) is 0 Å². The Hall–Kier alpha value is -1.07. The minimum atomic E-state index is 0.317. The second kappa shape index (κ2) is 5.28. The van der Waals surface area contributed by atoms with E-state index in [1.165, 1.54) is 19.7 Å². The van der Waals surface area contributed by atoms with Gasteiger partial charge in [0.25, 0.3) is 0 Å². The molecule has 1 N–H and O–H groups in total. The molecule has 0 fully saturated rings. The number of halogens is 1. The van der Waals surface area contributed by atoms with Crippen molar-refractivity contribution in [2.75, 3.05) is 0 Å². The van der Waals surface area contributed by atoms with Gasteiger partial charge < -0.3 is 4.98 Å². The Morgan fingerprint density at radius 2 is 1.83 bits per heavy atom. The van der Waals surface area contributed by atoms with Crippen molar-refractivity contribution in [3.63, 3.8) is 0 Å². The fourth-order valence-corrected chi connectivity index (χ4v) is 3.36. The van der Waals surface area contributed by atoms with Crippen LogP contribution in [-0.2, 0) is 0 Å². The molecule has 0 aliphatic carbocycles. The van der Waals surface area contributed by atoms with Gasteiger partial charge in [-0.25, -0.2) is 0 Å². The Morgan fingerprint density at radius 1 is 1.00 bits per heavy atom. The van der Waals surface area contributed by atoms with Crippen LogP contribution in [0, 0.1) is 3.57 Å². The van der Waals surface area contributed by atoms with Gasteiger partial charge in [0.2, 0.25) is 0 Å². The first-order valence-corrected chi connectivity index (χ1v) is 7.72. The van der Waals surface area contributed by atoms with Crippen LogP contribution in [0.3, 0.4) is 0 Å². The Labute approximate surface area is 124 Å². The first kappa shape index (κ1) is 12.0. The molecule has 1 aromatic carbocycles. The van der Waals surface area contributed by atoms with Crippen molar-refractivity contribution < 1.29 is 0 Å². The average Bonchev–Trinajstić information content (AvgIpc) is 3.06. The Balaban J connectivity index is 2.08. The molecule has 1 nitrogen and oxygen atoms in total. The van der Waals surface area contributed by atoms with Crippen LogP contribution >= 0.6 is 33.9 Å². The first-order valence-electron chi connectivity index (χ1n) is 5.77. The molecule has 18 heavy (non-hydrogen) atoms. The van der Waals surface area contributed by atoms with Gasteiger partial charge in [0.15, 0.2) is 0 Å². The normalized spacial score (nSPS) is 12.5. The van der Waals surface area contributed by atoms with Crippen LogP contribution in [0.4, 0.5) is 0 Å². The topological polar surface area (TPSA) is 15.8 Å². The van der Waals surface area contributed by atoms with Crippen molar-refractivity contribution in [3.8, 4) is 0 Å². The molecule has 0 aliphatic heterocycles. The van der Waals surface area contributed by atoms with Crippen LogP contribution in [0.25, 0.3) is 0 Å². The second-order valence-electron chi connectivity index (χ2n) is 4.13. The zero-order valence-electron chi connectivity index (χ0n) is 9.64. The third-order valence-corrected chi connectivity index (χ3v) is 4.62. The second-order valence-corrected chi connectivity index (χ2v) is 6.35. The quantitative estimate of drug-likeness (QED) is 0.638. The van der Waals surface area contributed by atoms with Gasteiger partial charge >= 0.3 is 0 Å². The van der Waals surface area contributed by atoms with Gasteiger partial charge in [-0.3, -0.25) is 0 Å². The van der Waals surface area contributed by atoms with E-state index >= 15 is 0 Å². The molecule has 90 valence electrons. The maximum Gasteiger partial charge on any atom is 0.0584 e. The molecule has 3 heteroatoms. The maximum absolute atomic E-state index is 3.34. The summed E-state index contributed by atoms with van der Waals surface area (Å²) in [6.07, 6.45) is 1.99. The van der Waals surface area contributed by atoms with Crippen LogP contribution in [0.1, 0.15) is 22.1 Å². The molecule has 1 unspecified atom stereocenters. The van der Waals surface area contributed by atoms with E-state index in [0.717, 1.165) is 0 Å². The molecule has 0 saturated heterocycles. The van der Waals surface area contributed by atoms with Crippen LogP contribution in [0.2, 0.25) is 0 Å². The summed E-state index contributed by atoms with van der Waals surface area (Å²) in [5.74, 6) is 0.317. The molecule has 3 aromatic rings. The van der Waals surface area contributed by atoms with E-state index in [-0.39, 0.29) is 0 Å². The van der Waals surface area contributed by atoms with Gasteiger partial charge in [0.05, 0.1) is 5.92 Å². The number of thiophene rings is 1. The van der Waals surface area contributed by atoms with Crippen LogP contribution in [0.5, 0.6) is 0 Å². The van der Waals surface area contributed by atoms with Gasteiger partial charge in [0.1, 0.15) is 0 Å². The third-order valence-electron chi connectivity index (χ3n) is 2.96. The standard InChI is InChI=1S/C15H12INS/c16-12-7-5-11(6-8-12)15(13-3-1-9-17-13)14-4-2-10-18-14/h1-10,15,17H. The molecule has 0 saturated carbocycles. The summed E-state index contributed by atoms with van der Waals surface area (Å²) in [5.41, 5.74) is 2.58. The smallest absolute Gasteiger partial charge is 0.0584 e. The summed E-state index contributed by atoms with van der Waals surface area (Å²) in [7, 11) is 0. The molecule has 2 aromatic heterocycles. The molecule has 2 heterocycles. The van der Waals surface area contributed by atoms with Crippen LogP contribution in [-0.4, -0.2) is 4.98 Å². The molecular weight excluding hydrogens is 353 g/mol. The van der Waals surface area contributed by atoms with Gasteiger partial charge in [-0.2, -0.15) is 0 Å². The van der Waals surface area contributed by atoms with Gasteiger partial charge in [-0.15, -0.1) is 11.3 Å². The van der Waals surface area contributed by atoms with E-state index in [1.807, 2.05) is 6.20 Å². The van der Waals surface area contributed by atoms with Crippen LogP contribution in [0.15, 0.2) is 60.1 Å². The summed E-state index contributed by atoms with van der Waals surface area (Å²) < 4.78 is 1.27. The number of aromatic amines is 1. The van der Waals surface area contributed by atoms with Gasteiger partial charge in [-0.1, -0.05) is 18.2 Å². The number of hydrogen-bond acceptors (Lipinski definition) is 1. The maximum atomic E-state index is 3.34. The number of rotatable bonds is 3. The highest BCUT2D eigenvalue weighted by Gasteiger charge is 2.18. The summed E-state index contributed by atoms with van der Waals surface area (Å²) in [6, 6.07) is 17.3. The Morgan fingerprint density at radius 3 is 2.44 bits per heavy atom. The van der Waals surface area contributed by atoms with E-state index in [0.29, 0.717) is 5.92 Å². The third kappa shape index (κ3) is 2.37. The van der Waals surface area contributed by atoms with E-state index in [1.54, 1.807) is 11.3 Å². The fourth-order valence-electron chi connectivity index (χ4n) is 2.13. The molecule has 1 atom stereocenters. The minimum Gasteiger partial charge on any atom is -0.364 e. The van der Waals surface area contributed by atoms with Crippen molar-refractivity contribution in [1.29, 1.82) is 0 Å². The molecular formula is C15H12INS. The molecule has 0 spiro atoms. The average molecular weight is 365 g/mol. The van der Waals surface area contributed by atoms with Crippen molar-refractivity contribution in [3.05, 3.63) is 79.8 Å². The Kier molecular flexibility index (Phi) is 3.52. The van der Waals surface area contributed by atoms with E-state index < -0.39 is 0 Å². The summed E-state index contributed by atoms with van der Waals surface area (Å²) in [5, 5.41) is 2.14. The number of aromatic nitrogens is 1. The zero-order valence-corrected chi connectivity index (χ0v) is 12.6. The molecule has 0 bridgehead atoms. The highest BCUT2D eigenvalue weighted by Crippen LogP contribution is 2.33. The number of nitrogens with one attached hydrogen (secondary N) is 1. The fraction of sp³-hybridized carbons (Fsp3) is 0.0667. The lowest BCUT2D eigenvalue weighted by atomic mass is 9.94. The number of benzene rings is 1. The number of hydrogen-bond donors (Lipinski definition) is 1. The predicted molar refractivity (Wildman–Crippen MR) is 85.2 cm³/mol. The van der Waals surface area contributed by atoms with E-state index in [2.05, 4.69) is 81.5 Å². The van der Waals surface area contributed by atoms with E-state index in [9.17, 15) is 0 Å². The van der Waals surface area contributed by atoms with Gasteiger partial charge in [-0.05, 0) is 63.9 Å². The summed E-state index contributed by atoms with van der Waals surface area (Å²) in [6.45, 7) is 0. The molecule has 0 aliphatic rings. The van der Waals surface area contributed by atoms with Crippen molar-refractivity contribution in [2.45, 2.75) is 5.92 Å². The largest absolute Gasteiger partial charge is 0.364 e. The lowest BCUT2D eigenvalue weighted by molar-refractivity contribution is 0.955. The first-order chi connectivity index (χ1) is 8.84. The Bertz CT molecular complexity index is 562. The van der Waals surface area contributed by atoms with Gasteiger partial charge in [0, 0.05) is 20.3 Å². The highest BCUT2D eigenvalue weighted by atomic mass is 127. The highest BCUT2D eigenvalue weighted by molar-refractivity contribution is 14.1.